The molecule has 1 aromatic carbocycles. The van der Waals surface area contributed by atoms with E-state index in [1.807, 2.05) is 0 Å². The Kier molecular flexibility index (Phi) is 2.98. The second kappa shape index (κ2) is 4.53. The molecule has 0 aliphatic rings. The first kappa shape index (κ1) is 12.5. The highest BCUT2D eigenvalue weighted by atomic mass is 35.5. The number of benzene rings is 1. The first-order valence-corrected chi connectivity index (χ1v) is 7.10. The fraction of sp³-hybridized carbons (Fsp3) is 0.312. The number of hydrogen-bond acceptors (Lipinski definition) is 1. The summed E-state index contributed by atoms with van der Waals surface area (Å²) in [6.07, 6.45) is 0.891. The molecule has 0 spiro atoms. The van der Waals surface area contributed by atoms with E-state index >= 15 is 0 Å². The monoisotopic (exact) mass is 272 g/mol. The van der Waals surface area contributed by atoms with Gasteiger partial charge < -0.3 is 0 Å². The van der Waals surface area contributed by atoms with Crippen LogP contribution in [0.5, 0.6) is 0 Å². The molecule has 0 radical (unpaired) electrons. The molecule has 3 aromatic rings. The maximum Gasteiger partial charge on any atom is 0.110 e. The molecule has 98 valence electrons. The van der Waals surface area contributed by atoms with Crippen LogP contribution in [0.15, 0.2) is 24.3 Å². The van der Waals surface area contributed by atoms with Gasteiger partial charge in [-0.3, -0.25) is 4.40 Å². The lowest BCUT2D eigenvalue weighted by atomic mass is 10.1. The van der Waals surface area contributed by atoms with Gasteiger partial charge in [-0.25, -0.2) is 4.98 Å². The van der Waals surface area contributed by atoms with Gasteiger partial charge in [0, 0.05) is 17.0 Å². The number of fused-ring (bicyclic) bond motifs is 3. The molecule has 2 aromatic heterocycles. The van der Waals surface area contributed by atoms with Gasteiger partial charge in [-0.05, 0) is 44.4 Å². The highest BCUT2D eigenvalue weighted by Crippen LogP contribution is 2.31. The molecule has 0 aliphatic heterocycles. The molecule has 0 unspecified atom stereocenters. The zero-order valence-corrected chi connectivity index (χ0v) is 12.3. The Balaban J connectivity index is 2.60. The number of hydrogen-bond donors (Lipinski definition) is 0. The molecule has 3 heteroatoms. The van der Waals surface area contributed by atoms with Crippen LogP contribution in [0.2, 0.25) is 0 Å². The Morgan fingerprint density at radius 3 is 2.63 bits per heavy atom. The van der Waals surface area contributed by atoms with Gasteiger partial charge in [0.2, 0.25) is 0 Å². The van der Waals surface area contributed by atoms with E-state index in [9.17, 15) is 0 Å². The highest BCUT2D eigenvalue weighted by molar-refractivity contribution is 6.18. The second-order valence-corrected chi connectivity index (χ2v) is 5.37. The predicted octanol–water partition coefficient (Wildman–Crippen LogP) is 4.19. The van der Waals surface area contributed by atoms with Gasteiger partial charge in [-0.1, -0.05) is 18.2 Å². The van der Waals surface area contributed by atoms with Crippen molar-refractivity contribution in [1.29, 1.82) is 0 Å². The lowest BCUT2D eigenvalue weighted by Gasteiger charge is -2.09. The average Bonchev–Trinajstić information content (AvgIpc) is 2.72. The Hall–Kier alpha value is -1.54. The SMILES string of the molecule is Cc1nc(C)n2c(c1C)c(CCCl)c1ccccc12. The average molecular weight is 273 g/mol. The van der Waals surface area contributed by atoms with E-state index < -0.39 is 0 Å². The van der Waals surface area contributed by atoms with Crippen molar-refractivity contribution in [2.45, 2.75) is 27.2 Å². The van der Waals surface area contributed by atoms with Crippen LogP contribution in [-0.4, -0.2) is 15.3 Å². The molecule has 0 amide bonds. The van der Waals surface area contributed by atoms with Crippen molar-refractivity contribution < 1.29 is 0 Å². The zero-order chi connectivity index (χ0) is 13.6. The first-order valence-electron chi connectivity index (χ1n) is 6.57. The van der Waals surface area contributed by atoms with Crippen LogP contribution in [0.4, 0.5) is 0 Å². The molecule has 19 heavy (non-hydrogen) atoms. The lowest BCUT2D eigenvalue weighted by molar-refractivity contribution is 0.963. The summed E-state index contributed by atoms with van der Waals surface area (Å²) < 4.78 is 2.26. The van der Waals surface area contributed by atoms with Crippen molar-refractivity contribution >= 4 is 28.0 Å². The molecule has 2 heterocycles. The summed E-state index contributed by atoms with van der Waals surface area (Å²) in [4.78, 5) is 4.65. The van der Waals surface area contributed by atoms with E-state index in [0.29, 0.717) is 5.88 Å². The molecular weight excluding hydrogens is 256 g/mol. The number of halogens is 1. The predicted molar refractivity (Wildman–Crippen MR) is 81.3 cm³/mol. The molecule has 0 atom stereocenters. The minimum absolute atomic E-state index is 0.642. The quantitative estimate of drug-likeness (QED) is 0.639. The fourth-order valence-corrected chi connectivity index (χ4v) is 3.12. The van der Waals surface area contributed by atoms with Gasteiger partial charge in [0.05, 0.1) is 11.0 Å². The molecule has 0 saturated carbocycles. The summed E-state index contributed by atoms with van der Waals surface area (Å²) in [6.45, 7) is 6.29. The van der Waals surface area contributed by atoms with Crippen molar-refractivity contribution in [3.8, 4) is 0 Å². The van der Waals surface area contributed by atoms with Gasteiger partial charge >= 0.3 is 0 Å². The topological polar surface area (TPSA) is 17.3 Å². The molecular formula is C16H17ClN2. The van der Waals surface area contributed by atoms with E-state index in [4.69, 9.17) is 11.6 Å². The maximum absolute atomic E-state index is 6.00. The number of alkyl halides is 1. The van der Waals surface area contributed by atoms with Crippen LogP contribution >= 0.6 is 11.6 Å². The van der Waals surface area contributed by atoms with Crippen LogP contribution in [0, 0.1) is 20.8 Å². The molecule has 0 aliphatic carbocycles. The number of para-hydroxylation sites is 1. The van der Waals surface area contributed by atoms with Crippen LogP contribution in [-0.2, 0) is 6.42 Å². The van der Waals surface area contributed by atoms with E-state index in [-0.39, 0.29) is 0 Å². The third-order valence-electron chi connectivity index (χ3n) is 3.88. The Bertz CT molecular complexity index is 771. The van der Waals surface area contributed by atoms with E-state index in [1.165, 1.54) is 27.5 Å². The van der Waals surface area contributed by atoms with Crippen LogP contribution < -0.4 is 0 Å². The van der Waals surface area contributed by atoms with E-state index in [1.54, 1.807) is 0 Å². The minimum atomic E-state index is 0.642. The van der Waals surface area contributed by atoms with Crippen molar-refractivity contribution in [1.82, 2.24) is 9.38 Å². The highest BCUT2D eigenvalue weighted by Gasteiger charge is 2.16. The maximum atomic E-state index is 6.00. The van der Waals surface area contributed by atoms with E-state index in [2.05, 4.69) is 54.4 Å². The van der Waals surface area contributed by atoms with Crippen molar-refractivity contribution in [3.63, 3.8) is 0 Å². The molecule has 0 fully saturated rings. The van der Waals surface area contributed by atoms with Gasteiger partial charge in [-0.2, -0.15) is 0 Å². The van der Waals surface area contributed by atoms with Crippen LogP contribution in [0.3, 0.4) is 0 Å². The van der Waals surface area contributed by atoms with Gasteiger partial charge in [-0.15, -0.1) is 11.6 Å². The fourth-order valence-electron chi connectivity index (χ4n) is 2.93. The van der Waals surface area contributed by atoms with Crippen LogP contribution in [0.25, 0.3) is 16.4 Å². The van der Waals surface area contributed by atoms with Crippen LogP contribution in [0.1, 0.15) is 22.6 Å². The Labute approximate surface area is 118 Å². The summed E-state index contributed by atoms with van der Waals surface area (Å²) in [5.41, 5.74) is 6.21. The molecule has 0 N–H and O–H groups in total. The second-order valence-electron chi connectivity index (χ2n) is 4.99. The molecule has 3 rings (SSSR count). The van der Waals surface area contributed by atoms with Crippen molar-refractivity contribution in [2.75, 3.05) is 5.88 Å². The van der Waals surface area contributed by atoms with Crippen molar-refractivity contribution in [2.24, 2.45) is 0 Å². The normalized spacial score (nSPS) is 11.6. The first-order chi connectivity index (χ1) is 9.15. The lowest BCUT2D eigenvalue weighted by Crippen LogP contribution is -2.01. The largest absolute Gasteiger partial charge is 0.297 e. The van der Waals surface area contributed by atoms with Gasteiger partial charge in [0.15, 0.2) is 0 Å². The van der Waals surface area contributed by atoms with E-state index in [0.717, 1.165) is 17.9 Å². The van der Waals surface area contributed by atoms with Crippen molar-refractivity contribution in [3.05, 3.63) is 46.9 Å². The summed E-state index contributed by atoms with van der Waals surface area (Å²) in [6, 6.07) is 8.50. The standard InChI is InChI=1S/C16H17ClN2/c1-10-11(2)18-12(3)19-15-7-5-4-6-13(15)14(8-9-17)16(10)19/h4-7H,8-9H2,1-3H3. The molecule has 0 bridgehead atoms. The smallest absolute Gasteiger partial charge is 0.110 e. The number of rotatable bonds is 2. The Morgan fingerprint density at radius 2 is 1.89 bits per heavy atom. The van der Waals surface area contributed by atoms with Gasteiger partial charge in [0.1, 0.15) is 5.82 Å². The summed E-state index contributed by atoms with van der Waals surface area (Å²) in [5, 5.41) is 1.29. The Morgan fingerprint density at radius 1 is 1.16 bits per heavy atom. The summed E-state index contributed by atoms with van der Waals surface area (Å²) >= 11 is 6.00. The number of nitrogens with zero attached hydrogens (tertiary/aromatic N) is 2. The summed E-state index contributed by atoms with van der Waals surface area (Å²) in [5.74, 6) is 1.68. The minimum Gasteiger partial charge on any atom is -0.297 e. The third kappa shape index (κ3) is 1.74. The molecule has 0 saturated heterocycles. The number of aryl methyl sites for hydroxylation is 4. The summed E-state index contributed by atoms with van der Waals surface area (Å²) in [7, 11) is 0. The third-order valence-corrected chi connectivity index (χ3v) is 4.06. The zero-order valence-electron chi connectivity index (χ0n) is 11.5. The molecule has 2 nitrogen and oxygen atoms in total. The van der Waals surface area contributed by atoms with Gasteiger partial charge in [0.25, 0.3) is 0 Å². The number of aromatic nitrogens is 2.